The van der Waals surface area contributed by atoms with Crippen LogP contribution in [0.15, 0.2) is 41.4 Å². The molecule has 1 N–H and O–H groups in total. The van der Waals surface area contributed by atoms with E-state index in [0.717, 1.165) is 54.0 Å². The van der Waals surface area contributed by atoms with Crippen LogP contribution in [0.4, 0.5) is 0 Å². The number of nitriles is 1. The Labute approximate surface area is 188 Å². The van der Waals surface area contributed by atoms with Crippen LogP contribution >= 0.6 is 0 Å². The lowest BCUT2D eigenvalue weighted by Gasteiger charge is -2.33. The van der Waals surface area contributed by atoms with Crippen molar-refractivity contribution in [3.63, 3.8) is 0 Å². The topological polar surface area (TPSA) is 77.7 Å². The first-order chi connectivity index (χ1) is 15.5. The van der Waals surface area contributed by atoms with Gasteiger partial charge >= 0.3 is 0 Å². The summed E-state index contributed by atoms with van der Waals surface area (Å²) in [5.74, 6) is 1.42. The molecule has 6 heteroatoms. The van der Waals surface area contributed by atoms with E-state index in [1.807, 2.05) is 42.2 Å². The molecular weight excluding hydrogens is 400 g/mol. The van der Waals surface area contributed by atoms with E-state index >= 15 is 0 Å². The van der Waals surface area contributed by atoms with Crippen molar-refractivity contribution in [1.29, 1.82) is 5.26 Å². The zero-order valence-corrected chi connectivity index (χ0v) is 18.6. The van der Waals surface area contributed by atoms with Crippen LogP contribution in [0.3, 0.4) is 0 Å². The van der Waals surface area contributed by atoms with Gasteiger partial charge in [-0.25, -0.2) is 0 Å². The quantitative estimate of drug-likeness (QED) is 0.814. The van der Waals surface area contributed by atoms with Gasteiger partial charge in [-0.15, -0.1) is 0 Å². The number of amidine groups is 1. The van der Waals surface area contributed by atoms with E-state index in [1.165, 1.54) is 5.56 Å². The molecule has 0 spiro atoms. The Balaban J connectivity index is 1.31. The van der Waals surface area contributed by atoms with Crippen molar-refractivity contribution in [2.75, 3.05) is 26.3 Å². The zero-order valence-electron chi connectivity index (χ0n) is 18.6. The minimum atomic E-state index is 0.101. The summed E-state index contributed by atoms with van der Waals surface area (Å²) in [5, 5.41) is 12.5. The molecule has 2 fully saturated rings. The maximum Gasteiger partial charge on any atom is 0.254 e. The van der Waals surface area contributed by atoms with Gasteiger partial charge in [-0.3, -0.25) is 9.79 Å². The third kappa shape index (κ3) is 3.78. The van der Waals surface area contributed by atoms with Gasteiger partial charge < -0.3 is 15.0 Å². The largest absolute Gasteiger partial charge is 0.377 e. The number of fused-ring (bicyclic) bond motifs is 1. The van der Waals surface area contributed by atoms with Gasteiger partial charge in [-0.05, 0) is 67.5 Å². The molecule has 32 heavy (non-hydrogen) atoms. The number of likely N-dealkylation sites (tertiary alicyclic amines) is 1. The predicted octanol–water partition coefficient (Wildman–Crippen LogP) is 3.31. The lowest BCUT2D eigenvalue weighted by Crippen LogP contribution is -2.38. The molecule has 1 amide bonds. The average Bonchev–Trinajstić information content (AvgIpc) is 3.41. The second-order valence-corrected chi connectivity index (χ2v) is 9.12. The number of rotatable bonds is 3. The lowest BCUT2D eigenvalue weighted by atomic mass is 9.88. The molecule has 2 saturated heterocycles. The molecule has 2 aromatic carbocycles. The van der Waals surface area contributed by atoms with E-state index < -0.39 is 0 Å². The second kappa shape index (κ2) is 8.40. The fourth-order valence-corrected chi connectivity index (χ4v) is 5.09. The molecule has 0 bridgehead atoms. The summed E-state index contributed by atoms with van der Waals surface area (Å²) in [7, 11) is 0. The minimum absolute atomic E-state index is 0.101. The number of carbonyl (C=O) groups excluding carboxylic acids is 1. The van der Waals surface area contributed by atoms with Crippen molar-refractivity contribution < 1.29 is 9.53 Å². The highest BCUT2D eigenvalue weighted by Crippen LogP contribution is 2.30. The summed E-state index contributed by atoms with van der Waals surface area (Å²) in [6, 6.07) is 14.6. The number of aliphatic imine (C=N–C) groups is 1. The maximum absolute atomic E-state index is 13.4. The number of nitrogens with zero attached hydrogens (tertiary/aromatic N) is 3. The van der Waals surface area contributed by atoms with Crippen LogP contribution in [0.25, 0.3) is 0 Å². The second-order valence-electron chi connectivity index (χ2n) is 9.12. The Kier molecular flexibility index (Phi) is 5.44. The van der Waals surface area contributed by atoms with Crippen molar-refractivity contribution in [3.05, 3.63) is 69.8 Å². The molecule has 3 aliphatic rings. The molecule has 3 heterocycles. The number of benzene rings is 2. The number of hydrogen-bond donors (Lipinski definition) is 1. The number of aryl methyl sites for hydroxylation is 2. The molecular formula is C26H28N4O2. The molecule has 3 aliphatic heterocycles. The summed E-state index contributed by atoms with van der Waals surface area (Å²) >= 11 is 0. The van der Waals surface area contributed by atoms with Crippen LogP contribution in [-0.2, 0) is 4.74 Å². The number of hydrogen-bond acceptors (Lipinski definition) is 5. The van der Waals surface area contributed by atoms with E-state index in [4.69, 9.17) is 15.0 Å². The Morgan fingerprint density at radius 1 is 1.12 bits per heavy atom. The number of carbonyl (C=O) groups is 1. The number of ether oxygens (including phenoxy) is 1. The summed E-state index contributed by atoms with van der Waals surface area (Å²) in [4.78, 5) is 20.2. The first-order valence-electron chi connectivity index (χ1n) is 11.4. The monoisotopic (exact) mass is 428 g/mol. The highest BCUT2D eigenvalue weighted by Gasteiger charge is 2.35. The Hall–Kier alpha value is -3.17. The number of amides is 1. The van der Waals surface area contributed by atoms with E-state index in [1.54, 1.807) is 0 Å². The molecule has 0 aliphatic carbocycles. The summed E-state index contributed by atoms with van der Waals surface area (Å²) < 4.78 is 5.49. The Bertz CT molecular complexity index is 1110. The van der Waals surface area contributed by atoms with Crippen molar-refractivity contribution in [2.24, 2.45) is 4.99 Å². The van der Waals surface area contributed by atoms with Crippen LogP contribution in [0, 0.1) is 25.2 Å². The number of nitrogens with one attached hydrogen (secondary N) is 1. The lowest BCUT2D eigenvalue weighted by molar-refractivity contribution is 0.0712. The van der Waals surface area contributed by atoms with Crippen LogP contribution in [0.1, 0.15) is 56.9 Å². The molecule has 5 rings (SSSR count). The van der Waals surface area contributed by atoms with Crippen molar-refractivity contribution in [3.8, 4) is 6.07 Å². The van der Waals surface area contributed by atoms with E-state index in [2.05, 4.69) is 24.4 Å². The summed E-state index contributed by atoms with van der Waals surface area (Å²) in [6.07, 6.45) is 1.88. The average molecular weight is 429 g/mol. The zero-order chi connectivity index (χ0) is 22.2. The predicted molar refractivity (Wildman–Crippen MR) is 123 cm³/mol. The van der Waals surface area contributed by atoms with Gasteiger partial charge in [-0.1, -0.05) is 18.2 Å². The third-order valence-corrected chi connectivity index (χ3v) is 7.02. The molecule has 0 saturated carbocycles. The number of piperidine rings is 1. The fourth-order valence-electron chi connectivity index (χ4n) is 5.09. The maximum atomic E-state index is 13.4. The van der Waals surface area contributed by atoms with Crippen LogP contribution in [0.5, 0.6) is 0 Å². The SMILES string of the molecule is Cc1cc(C)c(C2=NC3COCC3N2)cc1C(=O)N1CCC(c2ccc(C#N)cc2)CC1. The Morgan fingerprint density at radius 3 is 2.56 bits per heavy atom. The van der Waals surface area contributed by atoms with E-state index in [-0.39, 0.29) is 18.0 Å². The van der Waals surface area contributed by atoms with Crippen LogP contribution < -0.4 is 5.32 Å². The van der Waals surface area contributed by atoms with Crippen LogP contribution in [-0.4, -0.2) is 55.0 Å². The molecule has 2 atom stereocenters. The highest BCUT2D eigenvalue weighted by atomic mass is 16.5. The molecule has 164 valence electrons. The first kappa shape index (κ1) is 20.7. The smallest absolute Gasteiger partial charge is 0.254 e. The fraction of sp³-hybridized carbons (Fsp3) is 0.423. The summed E-state index contributed by atoms with van der Waals surface area (Å²) in [5.41, 5.74) is 5.86. The molecule has 2 unspecified atom stereocenters. The van der Waals surface area contributed by atoms with Gasteiger partial charge in [0, 0.05) is 24.2 Å². The third-order valence-electron chi connectivity index (χ3n) is 7.02. The minimum Gasteiger partial charge on any atom is -0.377 e. The normalized spacial score (nSPS) is 22.8. The summed E-state index contributed by atoms with van der Waals surface area (Å²) in [6.45, 7) is 6.92. The molecule has 0 radical (unpaired) electrons. The van der Waals surface area contributed by atoms with Crippen molar-refractivity contribution >= 4 is 11.7 Å². The molecule has 6 nitrogen and oxygen atoms in total. The van der Waals surface area contributed by atoms with Gasteiger partial charge in [0.2, 0.25) is 0 Å². The van der Waals surface area contributed by atoms with Gasteiger partial charge in [0.15, 0.2) is 0 Å². The molecule has 2 aromatic rings. The van der Waals surface area contributed by atoms with Crippen LogP contribution in [0.2, 0.25) is 0 Å². The standard InChI is InChI=1S/C26H28N4O2/c1-16-11-17(2)22(12-21(16)25-28-23-14-32-15-24(23)29-25)26(31)30-9-7-20(8-10-30)19-5-3-18(13-27)4-6-19/h3-6,11-12,20,23-24H,7-10,14-15H2,1-2H3,(H,28,29). The van der Waals surface area contributed by atoms with E-state index in [0.29, 0.717) is 24.7 Å². The first-order valence-corrected chi connectivity index (χ1v) is 11.4. The van der Waals surface area contributed by atoms with Gasteiger partial charge in [0.25, 0.3) is 5.91 Å². The van der Waals surface area contributed by atoms with Gasteiger partial charge in [-0.2, -0.15) is 5.26 Å². The van der Waals surface area contributed by atoms with Gasteiger partial charge in [0.1, 0.15) is 5.84 Å². The Morgan fingerprint density at radius 2 is 1.88 bits per heavy atom. The van der Waals surface area contributed by atoms with Gasteiger partial charge in [0.05, 0.1) is 36.9 Å². The highest BCUT2D eigenvalue weighted by molar-refractivity contribution is 6.05. The molecule has 0 aromatic heterocycles. The van der Waals surface area contributed by atoms with Crippen molar-refractivity contribution in [1.82, 2.24) is 10.2 Å². The van der Waals surface area contributed by atoms with E-state index in [9.17, 15) is 4.79 Å². The van der Waals surface area contributed by atoms with Crippen molar-refractivity contribution in [2.45, 2.75) is 44.7 Å².